The maximum atomic E-state index is 13.4. The number of thioether (sulfide) groups is 1. The van der Waals surface area contributed by atoms with Crippen molar-refractivity contribution in [3.8, 4) is 5.75 Å². The van der Waals surface area contributed by atoms with E-state index < -0.39 is 0 Å². The average Bonchev–Trinajstić information content (AvgIpc) is 3.10. The minimum atomic E-state index is -0.0933. The van der Waals surface area contributed by atoms with E-state index >= 15 is 0 Å². The summed E-state index contributed by atoms with van der Waals surface area (Å²) in [5, 5.41) is 0.586. The zero-order valence-electron chi connectivity index (χ0n) is 16.1. The lowest BCUT2D eigenvalue weighted by atomic mass is 10.1. The van der Waals surface area contributed by atoms with Crippen LogP contribution in [-0.2, 0) is 4.79 Å². The van der Waals surface area contributed by atoms with Crippen molar-refractivity contribution in [3.63, 3.8) is 0 Å². The summed E-state index contributed by atoms with van der Waals surface area (Å²) >= 11 is 1.36. The molecular weight excluding hydrogens is 382 g/mol. The smallest absolute Gasteiger partial charge is 0.271 e. The van der Waals surface area contributed by atoms with E-state index in [1.165, 1.54) is 11.8 Å². The number of pyridine rings is 1. The van der Waals surface area contributed by atoms with Gasteiger partial charge >= 0.3 is 0 Å². The number of para-hydroxylation sites is 1. The topological polar surface area (TPSA) is 54.8 Å². The number of rotatable bonds is 4. The summed E-state index contributed by atoms with van der Waals surface area (Å²) in [6.07, 6.45) is 1.69. The molecule has 0 saturated carbocycles. The highest BCUT2D eigenvalue weighted by Crippen LogP contribution is 2.40. The number of hydrogen-bond acceptors (Lipinski definition) is 5. The lowest BCUT2D eigenvalue weighted by Gasteiger charge is -2.15. The number of amidine groups is 1. The molecule has 4 rings (SSSR count). The van der Waals surface area contributed by atoms with Crippen molar-refractivity contribution in [1.82, 2.24) is 4.98 Å². The number of ether oxygens (including phenoxy) is 1. The second-order valence-electron chi connectivity index (χ2n) is 6.34. The average molecular weight is 401 g/mol. The highest BCUT2D eigenvalue weighted by atomic mass is 32.2. The third kappa shape index (κ3) is 3.93. The fourth-order valence-electron chi connectivity index (χ4n) is 2.97. The van der Waals surface area contributed by atoms with Crippen LogP contribution in [0.1, 0.15) is 12.5 Å². The number of anilines is 1. The summed E-state index contributed by atoms with van der Waals surface area (Å²) in [4.78, 5) is 24.6. The van der Waals surface area contributed by atoms with Crippen LogP contribution in [-0.4, -0.2) is 23.2 Å². The van der Waals surface area contributed by atoms with Gasteiger partial charge < -0.3 is 4.74 Å². The van der Waals surface area contributed by atoms with E-state index in [-0.39, 0.29) is 5.91 Å². The number of aromatic nitrogens is 1. The van der Waals surface area contributed by atoms with Gasteiger partial charge in [-0.2, -0.15) is 0 Å². The molecule has 3 aromatic rings. The molecule has 0 atom stereocenters. The Morgan fingerprint density at radius 1 is 1.00 bits per heavy atom. The molecule has 0 spiro atoms. The van der Waals surface area contributed by atoms with Gasteiger partial charge in [0.05, 0.1) is 17.7 Å². The van der Waals surface area contributed by atoms with Gasteiger partial charge in [0.15, 0.2) is 11.0 Å². The molecule has 0 radical (unpaired) electrons. The molecule has 0 aliphatic carbocycles. The highest BCUT2D eigenvalue weighted by Gasteiger charge is 2.36. The van der Waals surface area contributed by atoms with Gasteiger partial charge in [-0.25, -0.2) is 9.98 Å². The normalized spacial score (nSPS) is 17.0. The first-order valence-corrected chi connectivity index (χ1v) is 9.91. The highest BCUT2D eigenvalue weighted by molar-refractivity contribution is 8.19. The summed E-state index contributed by atoms with van der Waals surface area (Å²) < 4.78 is 5.23. The van der Waals surface area contributed by atoms with Crippen molar-refractivity contribution in [2.45, 2.75) is 6.92 Å². The minimum absolute atomic E-state index is 0.0933. The number of allylic oxidation sites excluding steroid dienone is 1. The van der Waals surface area contributed by atoms with Crippen LogP contribution in [0.3, 0.4) is 0 Å². The van der Waals surface area contributed by atoms with E-state index in [0.717, 1.165) is 22.6 Å². The predicted molar refractivity (Wildman–Crippen MR) is 118 cm³/mol. The molecule has 144 valence electrons. The van der Waals surface area contributed by atoms with E-state index in [2.05, 4.69) is 9.98 Å². The number of benzene rings is 2. The second-order valence-corrected chi connectivity index (χ2v) is 7.32. The molecule has 2 heterocycles. The summed E-state index contributed by atoms with van der Waals surface area (Å²) in [6, 6.07) is 22.8. The Kier molecular flexibility index (Phi) is 5.44. The van der Waals surface area contributed by atoms with E-state index in [1.807, 2.05) is 79.7 Å². The number of methoxy groups -OCH3 is 1. The first-order valence-electron chi connectivity index (χ1n) is 9.10. The van der Waals surface area contributed by atoms with Crippen molar-refractivity contribution in [2.24, 2.45) is 4.99 Å². The molecule has 0 bridgehead atoms. The monoisotopic (exact) mass is 401 g/mol. The van der Waals surface area contributed by atoms with Crippen LogP contribution in [0, 0.1) is 0 Å². The Morgan fingerprint density at radius 2 is 1.72 bits per heavy atom. The maximum absolute atomic E-state index is 13.4. The van der Waals surface area contributed by atoms with Crippen LogP contribution in [0.2, 0.25) is 0 Å². The third-order valence-electron chi connectivity index (χ3n) is 4.52. The summed E-state index contributed by atoms with van der Waals surface area (Å²) in [7, 11) is 1.63. The van der Waals surface area contributed by atoms with E-state index in [9.17, 15) is 4.79 Å². The number of carbonyl (C=O) groups excluding carboxylic acids is 1. The molecule has 1 saturated heterocycles. The molecule has 1 amide bonds. The summed E-state index contributed by atoms with van der Waals surface area (Å²) in [5.74, 6) is 1.25. The fourth-order valence-corrected chi connectivity index (χ4v) is 4.02. The van der Waals surface area contributed by atoms with Crippen molar-refractivity contribution < 1.29 is 9.53 Å². The SMILES string of the molecule is COc1ccc(/C(C)=C2\S/C(=N/c3ccccn3)N(c3ccccc3)C2=O)cc1. The van der Waals surface area contributed by atoms with Gasteiger partial charge in [0.25, 0.3) is 5.91 Å². The molecule has 2 aromatic carbocycles. The number of nitrogens with zero attached hydrogens (tertiary/aromatic N) is 3. The first kappa shape index (κ1) is 19.0. The van der Waals surface area contributed by atoms with Gasteiger partial charge in [-0.05, 0) is 66.2 Å². The predicted octanol–water partition coefficient (Wildman–Crippen LogP) is 5.29. The fraction of sp³-hybridized carbons (Fsp3) is 0.0870. The summed E-state index contributed by atoms with van der Waals surface area (Å²) in [5.41, 5.74) is 2.64. The van der Waals surface area contributed by atoms with E-state index in [1.54, 1.807) is 18.2 Å². The molecule has 1 aliphatic heterocycles. The van der Waals surface area contributed by atoms with E-state index in [0.29, 0.717) is 15.9 Å². The zero-order chi connectivity index (χ0) is 20.2. The Bertz CT molecular complexity index is 1080. The van der Waals surface area contributed by atoms with Crippen LogP contribution in [0.25, 0.3) is 5.57 Å². The number of hydrogen-bond donors (Lipinski definition) is 0. The lowest BCUT2D eigenvalue weighted by molar-refractivity contribution is -0.113. The Labute approximate surface area is 173 Å². The number of carbonyl (C=O) groups is 1. The largest absolute Gasteiger partial charge is 0.497 e. The first-order chi connectivity index (χ1) is 14.2. The van der Waals surface area contributed by atoms with Crippen LogP contribution >= 0.6 is 11.8 Å². The van der Waals surface area contributed by atoms with Gasteiger partial charge in [-0.15, -0.1) is 0 Å². The molecule has 6 heteroatoms. The minimum Gasteiger partial charge on any atom is -0.497 e. The van der Waals surface area contributed by atoms with Gasteiger partial charge in [0.2, 0.25) is 0 Å². The number of aliphatic imine (C=N–C) groups is 1. The van der Waals surface area contributed by atoms with Gasteiger partial charge in [0.1, 0.15) is 5.75 Å². The van der Waals surface area contributed by atoms with Crippen molar-refractivity contribution in [2.75, 3.05) is 12.0 Å². The van der Waals surface area contributed by atoms with Crippen molar-refractivity contribution in [1.29, 1.82) is 0 Å². The van der Waals surface area contributed by atoms with Crippen LogP contribution in [0.4, 0.5) is 11.5 Å². The Balaban J connectivity index is 1.79. The van der Waals surface area contributed by atoms with Crippen LogP contribution in [0.5, 0.6) is 5.75 Å². The number of amides is 1. The van der Waals surface area contributed by atoms with Gasteiger partial charge in [0, 0.05) is 6.20 Å². The van der Waals surface area contributed by atoms with Crippen molar-refractivity contribution >= 4 is 39.9 Å². The third-order valence-corrected chi connectivity index (χ3v) is 5.66. The van der Waals surface area contributed by atoms with Crippen LogP contribution in [0.15, 0.2) is 88.9 Å². The molecule has 5 nitrogen and oxygen atoms in total. The van der Waals surface area contributed by atoms with Gasteiger partial charge in [-0.1, -0.05) is 36.4 Å². The molecule has 0 N–H and O–H groups in total. The molecule has 0 unspecified atom stereocenters. The molecule has 1 fully saturated rings. The molecule has 29 heavy (non-hydrogen) atoms. The molecule has 1 aliphatic rings. The van der Waals surface area contributed by atoms with Crippen LogP contribution < -0.4 is 9.64 Å². The van der Waals surface area contributed by atoms with Gasteiger partial charge in [-0.3, -0.25) is 9.69 Å². The zero-order valence-corrected chi connectivity index (χ0v) is 16.9. The summed E-state index contributed by atoms with van der Waals surface area (Å²) in [6.45, 7) is 1.95. The molecule has 1 aromatic heterocycles. The standard InChI is InChI=1S/C23H19N3O2S/c1-16(17-11-13-19(28-2)14-12-17)21-22(27)26(18-8-4-3-5-9-18)23(29-21)25-20-10-6-7-15-24-20/h3-15H,1-2H3/b21-16-,25-23+. The second kappa shape index (κ2) is 8.32. The van der Waals surface area contributed by atoms with E-state index in [4.69, 9.17) is 4.74 Å². The Hall–Kier alpha value is -3.38. The lowest BCUT2D eigenvalue weighted by Crippen LogP contribution is -2.28. The maximum Gasteiger partial charge on any atom is 0.271 e. The quantitative estimate of drug-likeness (QED) is 0.558. The molecular formula is C23H19N3O2S. The Morgan fingerprint density at radius 3 is 2.38 bits per heavy atom. The van der Waals surface area contributed by atoms with Crippen molar-refractivity contribution in [3.05, 3.63) is 89.5 Å².